The Labute approximate surface area is 167 Å². The number of piperidine rings is 1. The Balaban J connectivity index is 0.00000225. The highest BCUT2D eigenvalue weighted by molar-refractivity contribution is 14.0. The summed E-state index contributed by atoms with van der Waals surface area (Å²) in [6.07, 6.45) is 5.94. The Hall–Kier alpha value is -0.610. The van der Waals surface area contributed by atoms with E-state index >= 15 is 0 Å². The molecule has 0 aromatic rings. The second kappa shape index (κ2) is 10.5. The fourth-order valence-corrected chi connectivity index (χ4v) is 3.73. The van der Waals surface area contributed by atoms with Gasteiger partial charge in [-0.1, -0.05) is 0 Å². The lowest BCUT2D eigenvalue weighted by atomic mass is 10.1. The number of amides is 1. The number of likely N-dealkylation sites (tertiary alicyclic amines) is 1. The number of ether oxygens (including phenoxy) is 2. The summed E-state index contributed by atoms with van der Waals surface area (Å²) >= 11 is 0. The third-order valence-corrected chi connectivity index (χ3v) is 5.09. The largest absolute Gasteiger partial charge is 0.375 e. The highest BCUT2D eigenvalue weighted by atomic mass is 127. The molecular formula is C17H31IN4O3. The van der Waals surface area contributed by atoms with Gasteiger partial charge < -0.3 is 24.6 Å². The normalized spacial score (nSPS) is 27.8. The topological polar surface area (TPSA) is 66.4 Å². The predicted molar refractivity (Wildman–Crippen MR) is 107 cm³/mol. The maximum atomic E-state index is 12.3. The van der Waals surface area contributed by atoms with Gasteiger partial charge in [-0.2, -0.15) is 0 Å². The van der Waals surface area contributed by atoms with E-state index in [1.165, 1.54) is 6.42 Å². The molecule has 144 valence electrons. The number of halogens is 1. The summed E-state index contributed by atoms with van der Waals surface area (Å²) in [5.41, 5.74) is 0. The van der Waals surface area contributed by atoms with Crippen LogP contribution in [0.25, 0.3) is 0 Å². The number of guanidine groups is 1. The standard InChI is InChI=1S/C17H30N4O3.HI/c1-18-17(19-12-16(22)20-7-3-2-4-8-20)21-9-11-24-15(13-21)14-6-5-10-23-14;/h14-15H,2-13H2,1H3,(H,18,19);1H. The van der Waals surface area contributed by atoms with E-state index < -0.39 is 0 Å². The van der Waals surface area contributed by atoms with Crippen molar-refractivity contribution in [2.75, 3.05) is 53.0 Å². The van der Waals surface area contributed by atoms with Gasteiger partial charge in [0, 0.05) is 39.8 Å². The van der Waals surface area contributed by atoms with Crippen molar-refractivity contribution in [3.05, 3.63) is 0 Å². The molecular weight excluding hydrogens is 435 g/mol. The third kappa shape index (κ3) is 5.68. The molecule has 0 saturated carbocycles. The van der Waals surface area contributed by atoms with Crippen molar-refractivity contribution in [1.82, 2.24) is 15.1 Å². The van der Waals surface area contributed by atoms with Crippen molar-refractivity contribution < 1.29 is 14.3 Å². The van der Waals surface area contributed by atoms with Crippen molar-refractivity contribution in [2.45, 2.75) is 44.3 Å². The van der Waals surface area contributed by atoms with Crippen LogP contribution in [0.5, 0.6) is 0 Å². The van der Waals surface area contributed by atoms with Crippen molar-refractivity contribution in [3.63, 3.8) is 0 Å². The predicted octanol–water partition coefficient (Wildman–Crippen LogP) is 1.07. The maximum absolute atomic E-state index is 12.3. The lowest BCUT2D eigenvalue weighted by molar-refractivity contribution is -0.130. The van der Waals surface area contributed by atoms with Crippen LogP contribution in [0.1, 0.15) is 32.1 Å². The first-order valence-corrected chi connectivity index (χ1v) is 9.24. The summed E-state index contributed by atoms with van der Waals surface area (Å²) < 4.78 is 11.6. The number of aliphatic imine (C=N–C) groups is 1. The van der Waals surface area contributed by atoms with E-state index in [1.807, 2.05) is 4.90 Å². The smallest absolute Gasteiger partial charge is 0.241 e. The lowest BCUT2D eigenvalue weighted by Gasteiger charge is -2.37. The van der Waals surface area contributed by atoms with Crippen LogP contribution in [0.4, 0.5) is 0 Å². The molecule has 25 heavy (non-hydrogen) atoms. The van der Waals surface area contributed by atoms with Crippen LogP contribution in [-0.4, -0.2) is 86.9 Å². The van der Waals surface area contributed by atoms with Gasteiger partial charge in [-0.25, -0.2) is 0 Å². The Bertz CT molecular complexity index is 451. The van der Waals surface area contributed by atoms with Crippen LogP contribution in [0.15, 0.2) is 4.99 Å². The lowest BCUT2D eigenvalue weighted by Crippen LogP contribution is -2.54. The summed E-state index contributed by atoms with van der Waals surface area (Å²) in [6.45, 7) is 5.15. The summed E-state index contributed by atoms with van der Waals surface area (Å²) in [7, 11) is 1.77. The van der Waals surface area contributed by atoms with Gasteiger partial charge in [0.15, 0.2) is 5.96 Å². The van der Waals surface area contributed by atoms with Crippen LogP contribution in [0, 0.1) is 0 Å². The quantitative estimate of drug-likeness (QED) is 0.383. The fraction of sp³-hybridized carbons (Fsp3) is 0.882. The molecule has 0 spiro atoms. The van der Waals surface area contributed by atoms with E-state index in [0.29, 0.717) is 13.2 Å². The molecule has 0 aliphatic carbocycles. The molecule has 1 N–H and O–H groups in total. The number of carbonyl (C=O) groups is 1. The number of nitrogens with one attached hydrogen (secondary N) is 1. The van der Waals surface area contributed by atoms with Gasteiger partial charge in [-0.15, -0.1) is 24.0 Å². The molecule has 0 bridgehead atoms. The van der Waals surface area contributed by atoms with E-state index in [0.717, 1.165) is 64.4 Å². The molecule has 0 aromatic carbocycles. The van der Waals surface area contributed by atoms with Gasteiger partial charge in [0.25, 0.3) is 0 Å². The SMILES string of the molecule is CN=C(NCC(=O)N1CCCCC1)N1CCOC(C2CCCO2)C1.I. The Morgan fingerprint density at radius 1 is 1.04 bits per heavy atom. The molecule has 2 atom stereocenters. The average Bonchev–Trinajstić information content (AvgIpc) is 3.18. The van der Waals surface area contributed by atoms with Crippen molar-refractivity contribution in [1.29, 1.82) is 0 Å². The van der Waals surface area contributed by atoms with Gasteiger partial charge in [0.1, 0.15) is 6.10 Å². The molecule has 3 fully saturated rings. The average molecular weight is 466 g/mol. The summed E-state index contributed by atoms with van der Waals surface area (Å²) in [5, 5.41) is 3.24. The highest BCUT2D eigenvalue weighted by Gasteiger charge is 2.32. The molecule has 3 heterocycles. The van der Waals surface area contributed by atoms with Crippen molar-refractivity contribution >= 4 is 35.8 Å². The Morgan fingerprint density at radius 3 is 2.48 bits per heavy atom. The van der Waals surface area contributed by atoms with Crippen LogP contribution in [-0.2, 0) is 14.3 Å². The second-order valence-electron chi connectivity index (χ2n) is 6.75. The first kappa shape index (κ1) is 20.7. The number of hydrogen-bond acceptors (Lipinski definition) is 4. The minimum absolute atomic E-state index is 0. The van der Waals surface area contributed by atoms with Crippen molar-refractivity contribution in [2.24, 2.45) is 4.99 Å². The van der Waals surface area contributed by atoms with Crippen LogP contribution in [0.2, 0.25) is 0 Å². The first-order valence-electron chi connectivity index (χ1n) is 9.24. The van der Waals surface area contributed by atoms with Crippen molar-refractivity contribution in [3.8, 4) is 0 Å². The van der Waals surface area contributed by atoms with E-state index in [9.17, 15) is 4.79 Å². The molecule has 2 unspecified atom stereocenters. The minimum atomic E-state index is 0. The molecule has 3 saturated heterocycles. The zero-order valence-electron chi connectivity index (χ0n) is 15.1. The van der Waals surface area contributed by atoms with Gasteiger partial charge >= 0.3 is 0 Å². The van der Waals surface area contributed by atoms with Gasteiger partial charge in [-0.3, -0.25) is 9.79 Å². The van der Waals surface area contributed by atoms with Gasteiger partial charge in [0.05, 0.1) is 19.3 Å². The number of rotatable bonds is 3. The molecule has 3 rings (SSSR count). The number of hydrogen-bond donors (Lipinski definition) is 1. The van der Waals surface area contributed by atoms with Crippen LogP contribution < -0.4 is 5.32 Å². The summed E-state index contributed by atoms with van der Waals surface area (Å²) in [5.74, 6) is 0.950. The van der Waals surface area contributed by atoms with Gasteiger partial charge in [-0.05, 0) is 32.1 Å². The molecule has 7 nitrogen and oxygen atoms in total. The summed E-state index contributed by atoms with van der Waals surface area (Å²) in [6, 6.07) is 0. The molecule has 8 heteroatoms. The van der Waals surface area contributed by atoms with Crippen LogP contribution >= 0.6 is 24.0 Å². The van der Waals surface area contributed by atoms with E-state index in [1.54, 1.807) is 7.05 Å². The highest BCUT2D eigenvalue weighted by Crippen LogP contribution is 2.21. The molecule has 1 amide bonds. The number of nitrogens with zero attached hydrogens (tertiary/aromatic N) is 3. The minimum Gasteiger partial charge on any atom is -0.375 e. The fourth-order valence-electron chi connectivity index (χ4n) is 3.73. The van der Waals surface area contributed by atoms with E-state index in [-0.39, 0.29) is 42.1 Å². The maximum Gasteiger partial charge on any atom is 0.241 e. The second-order valence-corrected chi connectivity index (χ2v) is 6.75. The van der Waals surface area contributed by atoms with E-state index in [4.69, 9.17) is 9.47 Å². The third-order valence-electron chi connectivity index (χ3n) is 5.09. The van der Waals surface area contributed by atoms with E-state index in [2.05, 4.69) is 15.2 Å². The summed E-state index contributed by atoms with van der Waals surface area (Å²) in [4.78, 5) is 20.8. The first-order chi connectivity index (χ1) is 11.8. The molecule has 0 radical (unpaired) electrons. The zero-order chi connectivity index (χ0) is 16.8. The van der Waals surface area contributed by atoms with Gasteiger partial charge in [0.2, 0.25) is 5.91 Å². The number of carbonyl (C=O) groups excluding carboxylic acids is 1. The number of morpholine rings is 1. The zero-order valence-corrected chi connectivity index (χ0v) is 17.4. The Morgan fingerprint density at radius 2 is 1.80 bits per heavy atom. The monoisotopic (exact) mass is 466 g/mol. The molecule has 3 aliphatic rings. The molecule has 3 aliphatic heterocycles. The van der Waals surface area contributed by atoms with Crippen LogP contribution in [0.3, 0.4) is 0 Å². The Kier molecular flexibility index (Phi) is 8.71. The molecule has 0 aromatic heterocycles.